The van der Waals surface area contributed by atoms with Crippen LogP contribution in [0.1, 0.15) is 30.9 Å². The topological polar surface area (TPSA) is 50.9 Å². The summed E-state index contributed by atoms with van der Waals surface area (Å²) in [6.07, 6.45) is 6.02. The molecule has 0 fully saturated rings. The zero-order chi connectivity index (χ0) is 14.9. The first-order valence-electron chi connectivity index (χ1n) is 7.76. The number of nitrogens with zero attached hydrogens (tertiary/aromatic N) is 1. The molecular weight excluding hydrogens is 258 g/mol. The van der Waals surface area contributed by atoms with Gasteiger partial charge in [-0.15, -0.1) is 0 Å². The molecule has 21 heavy (non-hydrogen) atoms. The first-order chi connectivity index (χ1) is 10.3. The Hall–Kier alpha value is -1.87. The molecular formula is C18H25N3. The van der Waals surface area contributed by atoms with E-state index in [0.29, 0.717) is 11.9 Å². The molecule has 1 aromatic heterocycles. The second-order valence-corrected chi connectivity index (χ2v) is 5.43. The van der Waals surface area contributed by atoms with Gasteiger partial charge in [0, 0.05) is 12.2 Å². The van der Waals surface area contributed by atoms with E-state index in [1.54, 1.807) is 6.20 Å². The van der Waals surface area contributed by atoms with Crippen LogP contribution < -0.4 is 11.1 Å². The quantitative estimate of drug-likeness (QED) is 0.782. The van der Waals surface area contributed by atoms with Crippen LogP contribution in [0.5, 0.6) is 0 Å². The molecule has 0 bridgehead atoms. The third-order valence-electron chi connectivity index (χ3n) is 3.70. The number of hydrogen-bond acceptors (Lipinski definition) is 3. The van der Waals surface area contributed by atoms with Crippen molar-refractivity contribution in [2.75, 3.05) is 12.3 Å². The molecule has 1 aromatic carbocycles. The van der Waals surface area contributed by atoms with Gasteiger partial charge in [0.2, 0.25) is 0 Å². The number of nitrogen functional groups attached to an aromatic ring is 1. The minimum Gasteiger partial charge on any atom is -0.383 e. The van der Waals surface area contributed by atoms with Crippen LogP contribution in [0, 0.1) is 0 Å². The van der Waals surface area contributed by atoms with Crippen LogP contribution in [0.3, 0.4) is 0 Å². The van der Waals surface area contributed by atoms with Gasteiger partial charge in [0.05, 0.1) is 0 Å². The fourth-order valence-electron chi connectivity index (χ4n) is 2.50. The second kappa shape index (κ2) is 8.42. The van der Waals surface area contributed by atoms with Crippen LogP contribution in [0.4, 0.5) is 5.82 Å². The summed E-state index contributed by atoms with van der Waals surface area (Å²) < 4.78 is 0. The number of anilines is 1. The van der Waals surface area contributed by atoms with Crippen LogP contribution in [0.15, 0.2) is 48.7 Å². The summed E-state index contributed by atoms with van der Waals surface area (Å²) in [7, 11) is 0. The molecule has 0 saturated heterocycles. The summed E-state index contributed by atoms with van der Waals surface area (Å²) in [5.41, 5.74) is 8.49. The Morgan fingerprint density at radius 3 is 2.67 bits per heavy atom. The minimum absolute atomic E-state index is 0.441. The van der Waals surface area contributed by atoms with Gasteiger partial charge >= 0.3 is 0 Å². The highest BCUT2D eigenvalue weighted by atomic mass is 14.9. The highest BCUT2D eigenvalue weighted by Crippen LogP contribution is 2.13. The summed E-state index contributed by atoms with van der Waals surface area (Å²) in [5, 5.41) is 3.63. The van der Waals surface area contributed by atoms with Crippen LogP contribution in [-0.4, -0.2) is 17.6 Å². The lowest BCUT2D eigenvalue weighted by molar-refractivity contribution is 0.477. The Morgan fingerprint density at radius 1 is 1.14 bits per heavy atom. The molecule has 0 aliphatic rings. The average molecular weight is 283 g/mol. The molecule has 2 aromatic rings. The lowest BCUT2D eigenvalue weighted by Crippen LogP contribution is -2.32. The standard InChI is InChI=1S/C18H25N3/c1-2-12-20-17(11-10-15-7-4-3-5-8-15)14-16-9-6-13-21-18(16)19/h3-9,13,17,20H,2,10-12,14H2,1H3,(H2,19,21). The Bertz CT molecular complexity index is 525. The maximum absolute atomic E-state index is 5.97. The highest BCUT2D eigenvalue weighted by molar-refractivity contribution is 5.38. The minimum atomic E-state index is 0.441. The van der Waals surface area contributed by atoms with E-state index >= 15 is 0 Å². The number of aryl methyl sites for hydroxylation is 1. The summed E-state index contributed by atoms with van der Waals surface area (Å²) in [5.74, 6) is 0.653. The Kier molecular flexibility index (Phi) is 6.22. The van der Waals surface area contributed by atoms with Gasteiger partial charge in [-0.3, -0.25) is 0 Å². The molecule has 1 atom stereocenters. The summed E-state index contributed by atoms with van der Waals surface area (Å²) in [4.78, 5) is 4.18. The van der Waals surface area contributed by atoms with Crippen molar-refractivity contribution in [3.8, 4) is 0 Å². The molecule has 0 radical (unpaired) electrons. The second-order valence-electron chi connectivity index (χ2n) is 5.43. The molecule has 0 aliphatic heterocycles. The van der Waals surface area contributed by atoms with Crippen LogP contribution >= 0.6 is 0 Å². The average Bonchev–Trinajstić information content (AvgIpc) is 2.53. The number of benzene rings is 1. The molecule has 1 heterocycles. The maximum atomic E-state index is 5.97. The number of pyridine rings is 1. The van der Waals surface area contributed by atoms with Gasteiger partial charge in [-0.25, -0.2) is 4.98 Å². The number of hydrogen-bond donors (Lipinski definition) is 2. The van der Waals surface area contributed by atoms with E-state index in [0.717, 1.165) is 37.8 Å². The maximum Gasteiger partial charge on any atom is 0.126 e. The molecule has 3 N–H and O–H groups in total. The fourth-order valence-corrected chi connectivity index (χ4v) is 2.50. The van der Waals surface area contributed by atoms with E-state index in [2.05, 4.69) is 53.6 Å². The molecule has 112 valence electrons. The van der Waals surface area contributed by atoms with Crippen molar-refractivity contribution >= 4 is 5.82 Å². The largest absolute Gasteiger partial charge is 0.383 e. The number of rotatable bonds is 8. The van der Waals surface area contributed by atoms with Crippen molar-refractivity contribution in [3.63, 3.8) is 0 Å². The first kappa shape index (κ1) is 15.5. The van der Waals surface area contributed by atoms with Gasteiger partial charge in [0.15, 0.2) is 0 Å². The van der Waals surface area contributed by atoms with Gasteiger partial charge < -0.3 is 11.1 Å². The fraction of sp³-hybridized carbons (Fsp3) is 0.389. The van der Waals surface area contributed by atoms with Gasteiger partial charge in [-0.2, -0.15) is 0 Å². The monoisotopic (exact) mass is 283 g/mol. The van der Waals surface area contributed by atoms with Crippen molar-refractivity contribution in [1.82, 2.24) is 10.3 Å². The van der Waals surface area contributed by atoms with Gasteiger partial charge in [-0.05, 0) is 49.4 Å². The molecule has 0 saturated carbocycles. The third kappa shape index (κ3) is 5.20. The molecule has 3 heteroatoms. The molecule has 0 amide bonds. The van der Waals surface area contributed by atoms with Crippen LogP contribution in [0.2, 0.25) is 0 Å². The lowest BCUT2D eigenvalue weighted by Gasteiger charge is -2.19. The van der Waals surface area contributed by atoms with Gasteiger partial charge in [0.1, 0.15) is 5.82 Å². The zero-order valence-electron chi connectivity index (χ0n) is 12.8. The smallest absolute Gasteiger partial charge is 0.126 e. The highest BCUT2D eigenvalue weighted by Gasteiger charge is 2.11. The molecule has 1 unspecified atom stereocenters. The summed E-state index contributed by atoms with van der Waals surface area (Å²) in [6, 6.07) is 15.1. The van der Waals surface area contributed by atoms with Gasteiger partial charge in [0.25, 0.3) is 0 Å². The van der Waals surface area contributed by atoms with Crippen molar-refractivity contribution in [2.24, 2.45) is 0 Å². The normalized spacial score (nSPS) is 12.2. The number of aromatic nitrogens is 1. The summed E-state index contributed by atoms with van der Waals surface area (Å²) in [6.45, 7) is 3.24. The predicted molar refractivity (Wildman–Crippen MR) is 89.2 cm³/mol. The molecule has 3 nitrogen and oxygen atoms in total. The van der Waals surface area contributed by atoms with E-state index in [9.17, 15) is 0 Å². The Labute approximate surface area is 127 Å². The van der Waals surface area contributed by atoms with Crippen molar-refractivity contribution in [1.29, 1.82) is 0 Å². The zero-order valence-corrected chi connectivity index (χ0v) is 12.8. The van der Waals surface area contributed by atoms with E-state index in [1.165, 1.54) is 5.56 Å². The third-order valence-corrected chi connectivity index (χ3v) is 3.70. The number of nitrogens with one attached hydrogen (secondary N) is 1. The van der Waals surface area contributed by atoms with E-state index < -0.39 is 0 Å². The van der Waals surface area contributed by atoms with E-state index in [4.69, 9.17) is 5.73 Å². The van der Waals surface area contributed by atoms with Crippen LogP contribution in [-0.2, 0) is 12.8 Å². The van der Waals surface area contributed by atoms with Crippen molar-refractivity contribution in [3.05, 3.63) is 59.8 Å². The van der Waals surface area contributed by atoms with E-state index in [1.807, 2.05) is 6.07 Å². The number of nitrogens with two attached hydrogens (primary N) is 1. The molecule has 0 aliphatic carbocycles. The Morgan fingerprint density at radius 2 is 1.95 bits per heavy atom. The summed E-state index contributed by atoms with van der Waals surface area (Å²) >= 11 is 0. The predicted octanol–water partition coefficient (Wildman–Crippen LogP) is 3.21. The first-order valence-corrected chi connectivity index (χ1v) is 7.76. The molecule has 0 spiro atoms. The lowest BCUT2D eigenvalue weighted by atomic mass is 9.99. The van der Waals surface area contributed by atoms with Gasteiger partial charge in [-0.1, -0.05) is 43.3 Å². The van der Waals surface area contributed by atoms with Crippen LogP contribution in [0.25, 0.3) is 0 Å². The SMILES string of the molecule is CCCNC(CCc1ccccc1)Cc1cccnc1N. The van der Waals surface area contributed by atoms with E-state index in [-0.39, 0.29) is 0 Å². The Balaban J connectivity index is 1.96. The molecule has 2 rings (SSSR count). The van der Waals surface area contributed by atoms with Crippen molar-refractivity contribution < 1.29 is 0 Å². The van der Waals surface area contributed by atoms with Crippen molar-refractivity contribution in [2.45, 2.75) is 38.6 Å².